The lowest BCUT2D eigenvalue weighted by molar-refractivity contribution is 0.192. The van der Waals surface area contributed by atoms with E-state index in [1.165, 1.54) is 5.56 Å². The van der Waals surface area contributed by atoms with Crippen LogP contribution in [0.1, 0.15) is 22.3 Å². The number of hydrogen-bond donors (Lipinski definition) is 2. The number of aromatic nitrogens is 2. The summed E-state index contributed by atoms with van der Waals surface area (Å²) < 4.78 is 0. The fraction of sp³-hybridized carbons (Fsp3) is 0.192. The summed E-state index contributed by atoms with van der Waals surface area (Å²) in [5, 5.41) is 7.55. The Bertz CT molecular complexity index is 1270. The van der Waals surface area contributed by atoms with Gasteiger partial charge in [0.1, 0.15) is 5.82 Å². The lowest BCUT2D eigenvalue weighted by Crippen LogP contribution is -2.42. The quantitative estimate of drug-likeness (QED) is 0.487. The Morgan fingerprint density at radius 2 is 1.91 bits per heavy atom. The molecular weight excluding hydrogens is 398 g/mol. The van der Waals surface area contributed by atoms with Gasteiger partial charge in [-0.3, -0.25) is 4.98 Å². The van der Waals surface area contributed by atoms with Crippen molar-refractivity contribution in [3.05, 3.63) is 95.3 Å². The van der Waals surface area contributed by atoms with Crippen molar-refractivity contribution in [3.63, 3.8) is 0 Å². The molecule has 0 spiro atoms. The zero-order chi connectivity index (χ0) is 21.9. The largest absolute Gasteiger partial charge is 0.339 e. The highest BCUT2D eigenvalue weighted by Crippen LogP contribution is 2.27. The predicted octanol–water partition coefficient (Wildman–Crippen LogP) is 4.95. The number of pyridine rings is 2. The Hall–Kier alpha value is -3.93. The smallest absolute Gasteiger partial charge is 0.317 e. The number of anilines is 2. The fourth-order valence-electron chi connectivity index (χ4n) is 4.04. The van der Waals surface area contributed by atoms with E-state index in [1.807, 2.05) is 47.5 Å². The summed E-state index contributed by atoms with van der Waals surface area (Å²) in [6.45, 7) is 3.81. The van der Waals surface area contributed by atoms with Crippen LogP contribution in [0.5, 0.6) is 0 Å². The number of urea groups is 1. The van der Waals surface area contributed by atoms with Crippen LogP contribution in [0.4, 0.5) is 16.3 Å². The van der Waals surface area contributed by atoms with Crippen LogP contribution in [0.15, 0.2) is 73.1 Å². The van der Waals surface area contributed by atoms with Gasteiger partial charge < -0.3 is 15.5 Å². The van der Waals surface area contributed by atoms with Crippen molar-refractivity contribution in [1.29, 1.82) is 0 Å². The van der Waals surface area contributed by atoms with Gasteiger partial charge in [-0.1, -0.05) is 48.0 Å². The molecule has 160 valence electrons. The first kappa shape index (κ1) is 20.0. The lowest BCUT2D eigenvalue weighted by Gasteiger charge is -2.30. The average molecular weight is 424 g/mol. The summed E-state index contributed by atoms with van der Waals surface area (Å²) in [6, 6.07) is 20.3. The summed E-state index contributed by atoms with van der Waals surface area (Å²) >= 11 is 0. The third kappa shape index (κ3) is 4.25. The number of rotatable bonds is 4. The molecule has 2 amide bonds. The van der Waals surface area contributed by atoms with Crippen molar-refractivity contribution >= 4 is 28.4 Å². The maximum absolute atomic E-state index is 12.7. The van der Waals surface area contributed by atoms with Crippen LogP contribution in [0, 0.1) is 6.92 Å². The van der Waals surface area contributed by atoms with Gasteiger partial charge in [-0.25, -0.2) is 9.78 Å². The van der Waals surface area contributed by atoms with Crippen LogP contribution in [-0.2, 0) is 19.5 Å². The number of nitrogens with one attached hydrogen (secondary N) is 2. The van der Waals surface area contributed by atoms with Crippen molar-refractivity contribution in [2.45, 2.75) is 26.4 Å². The Morgan fingerprint density at radius 3 is 2.78 bits per heavy atom. The predicted molar refractivity (Wildman–Crippen MR) is 127 cm³/mol. The van der Waals surface area contributed by atoms with Gasteiger partial charge in [0.15, 0.2) is 0 Å². The molecule has 1 aliphatic rings. The van der Waals surface area contributed by atoms with E-state index in [-0.39, 0.29) is 6.03 Å². The van der Waals surface area contributed by atoms with Crippen molar-refractivity contribution in [2.24, 2.45) is 0 Å². The molecule has 0 saturated carbocycles. The molecule has 2 N–H and O–H groups in total. The van der Waals surface area contributed by atoms with E-state index < -0.39 is 0 Å². The Morgan fingerprint density at radius 1 is 1.06 bits per heavy atom. The molecule has 3 heterocycles. The fourth-order valence-corrected chi connectivity index (χ4v) is 4.04. The summed E-state index contributed by atoms with van der Waals surface area (Å²) in [5.74, 6) is 0.833. The number of fused-ring (bicyclic) bond motifs is 2. The molecule has 0 fully saturated rings. The third-order valence-corrected chi connectivity index (χ3v) is 5.85. The van der Waals surface area contributed by atoms with Crippen molar-refractivity contribution in [1.82, 2.24) is 20.2 Å². The second kappa shape index (κ2) is 8.67. The second-order valence-corrected chi connectivity index (χ2v) is 8.15. The SMILES string of the molecule is Cc1ccc(CNC(=O)N2CCc3c(ccnc3Nc3cnc4ccccc4c3)C2)cc1. The summed E-state index contributed by atoms with van der Waals surface area (Å²) in [4.78, 5) is 23.7. The first-order valence-electron chi connectivity index (χ1n) is 10.8. The van der Waals surface area contributed by atoms with Gasteiger partial charge in [0.2, 0.25) is 0 Å². The second-order valence-electron chi connectivity index (χ2n) is 8.15. The Kier molecular flexibility index (Phi) is 5.42. The van der Waals surface area contributed by atoms with Gasteiger partial charge in [-0.05, 0) is 42.7 Å². The van der Waals surface area contributed by atoms with Crippen LogP contribution in [0.2, 0.25) is 0 Å². The molecule has 4 aromatic rings. The van der Waals surface area contributed by atoms with E-state index in [4.69, 9.17) is 0 Å². The highest BCUT2D eigenvalue weighted by molar-refractivity contribution is 5.82. The number of carbonyl (C=O) groups excluding carboxylic acids is 1. The number of carbonyl (C=O) groups is 1. The number of benzene rings is 2. The Balaban J connectivity index is 1.27. The summed E-state index contributed by atoms with van der Waals surface area (Å²) in [5.41, 5.74) is 6.46. The van der Waals surface area contributed by atoms with E-state index in [0.29, 0.717) is 19.6 Å². The highest BCUT2D eigenvalue weighted by Gasteiger charge is 2.23. The lowest BCUT2D eigenvalue weighted by atomic mass is 10.0. The molecule has 2 aromatic heterocycles. The minimum absolute atomic E-state index is 0.0405. The van der Waals surface area contributed by atoms with Crippen LogP contribution >= 0.6 is 0 Å². The number of aryl methyl sites for hydroxylation is 1. The van der Waals surface area contributed by atoms with Crippen LogP contribution < -0.4 is 10.6 Å². The topological polar surface area (TPSA) is 70.2 Å². The van der Waals surface area contributed by atoms with Crippen molar-refractivity contribution < 1.29 is 4.79 Å². The van der Waals surface area contributed by atoms with Crippen LogP contribution in [0.25, 0.3) is 10.9 Å². The molecule has 1 aliphatic heterocycles. The van der Waals surface area contributed by atoms with Gasteiger partial charge in [0, 0.05) is 36.8 Å². The highest BCUT2D eigenvalue weighted by atomic mass is 16.2. The summed E-state index contributed by atoms with van der Waals surface area (Å²) in [7, 11) is 0. The number of para-hydroxylation sites is 1. The van der Waals surface area contributed by atoms with E-state index in [1.54, 1.807) is 6.20 Å². The molecule has 6 heteroatoms. The zero-order valence-corrected chi connectivity index (χ0v) is 18.0. The first-order chi connectivity index (χ1) is 15.7. The molecule has 0 bridgehead atoms. The van der Waals surface area contributed by atoms with Crippen LogP contribution in [-0.4, -0.2) is 27.4 Å². The first-order valence-corrected chi connectivity index (χ1v) is 10.8. The molecule has 0 unspecified atom stereocenters. The van der Waals surface area contributed by atoms with Gasteiger partial charge in [0.05, 0.1) is 17.4 Å². The normalized spacial score (nSPS) is 13.0. The van der Waals surface area contributed by atoms with Gasteiger partial charge in [-0.15, -0.1) is 0 Å². The average Bonchev–Trinajstić information content (AvgIpc) is 2.83. The molecule has 6 nitrogen and oxygen atoms in total. The maximum Gasteiger partial charge on any atom is 0.317 e. The molecule has 32 heavy (non-hydrogen) atoms. The molecule has 0 atom stereocenters. The van der Waals surface area contributed by atoms with Gasteiger partial charge in [0.25, 0.3) is 0 Å². The minimum atomic E-state index is -0.0405. The van der Waals surface area contributed by atoms with Gasteiger partial charge in [-0.2, -0.15) is 0 Å². The van der Waals surface area contributed by atoms with Crippen molar-refractivity contribution in [3.8, 4) is 0 Å². The summed E-state index contributed by atoms with van der Waals surface area (Å²) in [6.07, 6.45) is 4.38. The zero-order valence-electron chi connectivity index (χ0n) is 18.0. The molecule has 2 aromatic carbocycles. The number of hydrogen-bond acceptors (Lipinski definition) is 4. The minimum Gasteiger partial charge on any atom is -0.339 e. The van der Waals surface area contributed by atoms with E-state index in [9.17, 15) is 4.79 Å². The molecule has 5 rings (SSSR count). The standard InChI is InChI=1S/C26H25N5O/c1-18-6-8-19(9-7-18)15-29-26(32)31-13-11-23-21(17-31)10-12-27-25(23)30-22-14-20-4-2-3-5-24(20)28-16-22/h2-10,12,14,16H,11,13,15,17H2,1H3,(H,27,30)(H,29,32). The number of amides is 2. The maximum atomic E-state index is 12.7. The molecular formula is C26H25N5O. The third-order valence-electron chi connectivity index (χ3n) is 5.85. The van der Waals surface area contributed by atoms with E-state index in [0.717, 1.165) is 45.5 Å². The Labute approximate surface area is 187 Å². The van der Waals surface area contributed by atoms with Gasteiger partial charge >= 0.3 is 6.03 Å². The van der Waals surface area contributed by atoms with Crippen LogP contribution in [0.3, 0.4) is 0 Å². The van der Waals surface area contributed by atoms with E-state index >= 15 is 0 Å². The molecule has 0 aliphatic carbocycles. The van der Waals surface area contributed by atoms with E-state index in [2.05, 4.69) is 51.8 Å². The monoisotopic (exact) mass is 423 g/mol. The van der Waals surface area contributed by atoms with Crippen molar-refractivity contribution in [2.75, 3.05) is 11.9 Å². The number of nitrogens with zero attached hydrogens (tertiary/aromatic N) is 3. The molecule has 0 radical (unpaired) electrons. The molecule has 0 saturated heterocycles.